The Hall–Kier alpha value is -6.18. The first kappa shape index (κ1) is 41.3. The first-order chi connectivity index (χ1) is 32.2. The van der Waals surface area contributed by atoms with Gasteiger partial charge >= 0.3 is 395 Å². The Morgan fingerprint density at radius 3 is 0.924 bits per heavy atom. The van der Waals surface area contributed by atoms with Crippen molar-refractivity contribution in [3.8, 4) is 44.5 Å². The number of rotatable bonds is 8. The zero-order valence-electron chi connectivity index (χ0n) is 38.4. The van der Waals surface area contributed by atoms with Gasteiger partial charge < -0.3 is 0 Å². The van der Waals surface area contributed by atoms with Crippen LogP contribution in [0.15, 0.2) is 205 Å². The molecule has 0 fully saturated rings. The van der Waals surface area contributed by atoms with Crippen LogP contribution in [0.5, 0.6) is 0 Å². The van der Waals surface area contributed by atoms with Crippen LogP contribution in [0.4, 0.5) is 0 Å². The van der Waals surface area contributed by atoms with Gasteiger partial charge in [-0.15, -0.1) is 0 Å². The Labute approximate surface area is 391 Å². The molecule has 0 saturated heterocycles. The molecule has 0 saturated carbocycles. The summed E-state index contributed by atoms with van der Waals surface area (Å²) < 4.78 is 6.34. The summed E-state index contributed by atoms with van der Waals surface area (Å²) in [6.45, 7) is 7.35. The number of hydrogen-bond donors (Lipinski definition) is 0. The van der Waals surface area contributed by atoms with Gasteiger partial charge in [-0.1, -0.05) is 0 Å². The molecule has 318 valence electrons. The molecule has 0 nitrogen and oxygen atoms in total. The van der Waals surface area contributed by atoms with Crippen LogP contribution in [0.25, 0.3) is 99.7 Å². The van der Waals surface area contributed by atoms with Crippen molar-refractivity contribution in [1.82, 2.24) is 0 Å². The third-order valence-electron chi connectivity index (χ3n) is 15.6. The van der Waals surface area contributed by atoms with Crippen molar-refractivity contribution in [1.29, 1.82) is 0 Å². The van der Waals surface area contributed by atoms with Gasteiger partial charge in [0.1, 0.15) is 0 Å². The molecule has 2 heteroatoms. The van der Waals surface area contributed by atoms with Crippen LogP contribution in [0.3, 0.4) is 0 Å². The summed E-state index contributed by atoms with van der Waals surface area (Å²) >= 11 is -4.32. The van der Waals surface area contributed by atoms with E-state index in [1.807, 2.05) is 0 Å². The summed E-state index contributed by atoms with van der Waals surface area (Å²) in [5.74, 6) is 0. The van der Waals surface area contributed by atoms with E-state index in [9.17, 15) is 0 Å². The van der Waals surface area contributed by atoms with Crippen LogP contribution in [-0.4, -0.2) is 6.88 Å². The van der Waals surface area contributed by atoms with E-state index >= 15 is 0 Å². The Bertz CT molecular complexity index is 3520. The zero-order chi connectivity index (χ0) is 44.8. The second-order valence-corrected chi connectivity index (χ2v) is 50.5. The van der Waals surface area contributed by atoms with Crippen molar-refractivity contribution in [2.75, 3.05) is 0 Å². The average molecular weight is 942 g/mol. The van der Waals surface area contributed by atoms with Gasteiger partial charge in [0, 0.05) is 0 Å². The molecular weight excluding hydrogens is 888 g/mol. The summed E-state index contributed by atoms with van der Waals surface area (Å²) in [5, 5.41) is 10.4. The van der Waals surface area contributed by atoms with E-state index in [0.29, 0.717) is 7.25 Å². The summed E-state index contributed by atoms with van der Waals surface area (Å²) in [5.41, 5.74) is 20.0. The summed E-state index contributed by atoms with van der Waals surface area (Å²) in [4.78, 5) is 0. The molecule has 0 N–H and O–H groups in total. The molecule has 0 bridgehead atoms. The summed E-state index contributed by atoms with van der Waals surface area (Å²) in [7, 11) is 0. The first-order valence-electron chi connectivity index (χ1n) is 24.0. The van der Waals surface area contributed by atoms with Crippen molar-refractivity contribution in [3.05, 3.63) is 228 Å². The van der Waals surface area contributed by atoms with Gasteiger partial charge in [-0.05, 0) is 0 Å². The molecule has 10 aromatic rings. The predicted molar refractivity (Wildman–Crippen MR) is 287 cm³/mol. The summed E-state index contributed by atoms with van der Waals surface area (Å²) in [6, 6.07) is 73.4. The van der Waals surface area contributed by atoms with E-state index in [1.54, 1.807) is 22.3 Å². The van der Waals surface area contributed by atoms with Gasteiger partial charge in [-0.3, -0.25) is 0 Å². The molecule has 0 spiro atoms. The number of fused-ring (bicyclic) bond motifs is 6. The van der Waals surface area contributed by atoms with E-state index in [0.717, 1.165) is 12.8 Å². The molecule has 2 aliphatic rings. The molecule has 0 aromatic heterocycles. The second-order valence-electron chi connectivity index (χ2n) is 20.0. The van der Waals surface area contributed by atoms with Crippen molar-refractivity contribution >= 4 is 62.1 Å². The third kappa shape index (κ3) is 6.32. The Balaban J connectivity index is 1.17. The minimum atomic E-state index is -4.32. The van der Waals surface area contributed by atoms with Crippen LogP contribution in [0.1, 0.15) is 56.2 Å². The number of allylic oxidation sites excluding steroid dienone is 2. The molecule has 0 aliphatic heterocycles. The van der Waals surface area contributed by atoms with Crippen molar-refractivity contribution in [2.24, 2.45) is 0 Å². The van der Waals surface area contributed by atoms with Gasteiger partial charge in [0.05, 0.1) is 0 Å². The monoisotopic (exact) mass is 940 g/mol. The normalized spacial score (nSPS) is 15.9. The quantitative estimate of drug-likeness (QED) is 0.133. The maximum absolute atomic E-state index is 4.32. The number of benzene rings is 10. The average Bonchev–Trinajstić information content (AvgIpc) is 3.97. The molecule has 2 atom stereocenters. The molecule has 2 aliphatic carbocycles. The minimum absolute atomic E-state index is 0.321. The fourth-order valence-corrected chi connectivity index (χ4v) is 32.8. The van der Waals surface area contributed by atoms with Gasteiger partial charge in [-0.25, -0.2) is 0 Å². The summed E-state index contributed by atoms with van der Waals surface area (Å²) in [6.07, 6.45) is 7.38. The van der Waals surface area contributed by atoms with E-state index < -0.39 is 17.4 Å². The number of hydrogen-bond acceptors (Lipinski definition) is 0. The SMILES string of the molecule is CCC1=Cc2c(-c3cccc4ccccc34)ccc(-c3cccc4ccccc34)c2[CH]1[Zr]([CH3])([CH3])(=[SiH2])[CH]1C(CC)=Cc2c(-c3cccc4ccccc34)ccc(-c3cccc4ccccc34)c21. The zero-order valence-corrected chi connectivity index (χ0v) is 42.3. The molecule has 0 radical (unpaired) electrons. The van der Waals surface area contributed by atoms with Crippen molar-refractivity contribution in [3.63, 3.8) is 0 Å². The van der Waals surface area contributed by atoms with Crippen LogP contribution in [0, 0.1) is 0 Å². The van der Waals surface area contributed by atoms with E-state index in [2.05, 4.69) is 236 Å². The molecule has 12 rings (SSSR count). The topological polar surface area (TPSA) is 0 Å². The molecule has 0 amide bonds. The van der Waals surface area contributed by atoms with Crippen LogP contribution in [-0.2, 0) is 17.4 Å². The Morgan fingerprint density at radius 2 is 0.606 bits per heavy atom. The third-order valence-corrected chi connectivity index (χ3v) is 33.0. The molecule has 10 aromatic carbocycles. The molecule has 0 heterocycles. The van der Waals surface area contributed by atoms with Gasteiger partial charge in [-0.2, -0.15) is 0 Å². The van der Waals surface area contributed by atoms with Gasteiger partial charge in [0.2, 0.25) is 0 Å². The van der Waals surface area contributed by atoms with Gasteiger partial charge in [0.25, 0.3) is 0 Å². The molecular formula is C64H54SiZr. The van der Waals surface area contributed by atoms with Crippen LogP contribution < -0.4 is 0 Å². The van der Waals surface area contributed by atoms with Crippen molar-refractivity contribution in [2.45, 2.75) is 43.2 Å². The van der Waals surface area contributed by atoms with Crippen LogP contribution >= 0.6 is 0 Å². The van der Waals surface area contributed by atoms with Crippen molar-refractivity contribution < 1.29 is 17.4 Å². The second kappa shape index (κ2) is 15.7. The van der Waals surface area contributed by atoms with E-state index in [-0.39, 0.29) is 0 Å². The Kier molecular flexibility index (Phi) is 9.83. The van der Waals surface area contributed by atoms with E-state index in [1.165, 1.54) is 98.7 Å². The molecule has 66 heavy (non-hydrogen) atoms. The standard InChI is InChI=1S/2C31H23.2CH3.H2Si.Zr/c2*1-2-21-19-30-28(26-15-7-11-22-9-3-5-13-24(22)26)17-18-29(31(30)20-21)27-16-8-12-23-10-4-6-14-25(23)27;;;;/h2*3-20H,2H2,1H3;2*1H3;1H2;. The maximum atomic E-state index is 2.85. The fraction of sp³-hybridized carbons (Fsp3) is 0.125. The predicted octanol–water partition coefficient (Wildman–Crippen LogP) is 17.7. The first-order valence-corrected chi connectivity index (χ1v) is 37.6. The van der Waals surface area contributed by atoms with E-state index in [4.69, 9.17) is 0 Å². The molecule has 2 unspecified atom stereocenters. The fourth-order valence-electron chi connectivity index (χ4n) is 12.8. The van der Waals surface area contributed by atoms with Gasteiger partial charge in [0.15, 0.2) is 0 Å². The Morgan fingerprint density at radius 1 is 0.333 bits per heavy atom. The van der Waals surface area contributed by atoms with Crippen LogP contribution in [0.2, 0.25) is 9.26 Å².